The number of hydrogen-bond donors (Lipinski definition) is 0. The number of rotatable bonds is 5. The number of thiophene rings is 1. The molecule has 3 nitrogen and oxygen atoms in total. The zero-order valence-corrected chi connectivity index (χ0v) is 35.9. The van der Waals surface area contributed by atoms with Gasteiger partial charge in [0.25, 0.3) is 0 Å². The van der Waals surface area contributed by atoms with Crippen molar-refractivity contribution in [1.82, 2.24) is 0 Å². The van der Waals surface area contributed by atoms with Crippen molar-refractivity contribution in [3.63, 3.8) is 0 Å². The summed E-state index contributed by atoms with van der Waals surface area (Å²) < 4.78 is 16.5. The Balaban J connectivity index is 0.891. The van der Waals surface area contributed by atoms with E-state index < -0.39 is 5.41 Å². The van der Waals surface area contributed by atoms with Gasteiger partial charge >= 0.3 is 0 Å². The molecule has 304 valence electrons. The molecule has 0 N–H and O–H groups in total. The third kappa shape index (κ3) is 5.29. The Morgan fingerprint density at radius 3 is 1.65 bits per heavy atom. The Hall–Kier alpha value is -8.18. The van der Waals surface area contributed by atoms with E-state index in [1.807, 2.05) is 17.4 Å². The molecule has 3 aliphatic rings. The smallest absolute Gasteiger partial charge is 0.172 e. The lowest BCUT2D eigenvalue weighted by molar-refractivity contribution is 0.359. The Labute approximate surface area is 380 Å². The van der Waals surface area contributed by atoms with E-state index in [2.05, 4.69) is 223 Å². The molecule has 14 rings (SSSR count). The van der Waals surface area contributed by atoms with Crippen LogP contribution < -0.4 is 14.4 Å². The summed E-state index contributed by atoms with van der Waals surface area (Å²) in [6.45, 7) is 0. The Kier molecular flexibility index (Phi) is 7.77. The van der Waals surface area contributed by atoms with Crippen molar-refractivity contribution in [2.24, 2.45) is 0 Å². The van der Waals surface area contributed by atoms with Crippen molar-refractivity contribution in [3.8, 4) is 67.5 Å². The zero-order chi connectivity index (χ0) is 42.6. The van der Waals surface area contributed by atoms with E-state index >= 15 is 0 Å². The predicted molar refractivity (Wildman–Crippen MR) is 268 cm³/mol. The number of benzene rings is 10. The molecule has 1 aliphatic heterocycles. The maximum absolute atomic E-state index is 7.03. The number of ether oxygens (including phenoxy) is 2. The van der Waals surface area contributed by atoms with Gasteiger partial charge in [0.1, 0.15) is 0 Å². The maximum atomic E-state index is 7.03. The predicted octanol–water partition coefficient (Wildman–Crippen LogP) is 17.1. The molecule has 1 spiro atoms. The molecule has 1 aromatic heterocycles. The third-order valence-corrected chi connectivity index (χ3v) is 15.0. The first-order valence-corrected chi connectivity index (χ1v) is 23.0. The monoisotopic (exact) mass is 847 g/mol. The van der Waals surface area contributed by atoms with E-state index in [4.69, 9.17) is 9.47 Å². The molecule has 0 fully saturated rings. The molecule has 2 aliphatic carbocycles. The summed E-state index contributed by atoms with van der Waals surface area (Å²) >= 11 is 1.86. The lowest BCUT2D eigenvalue weighted by Crippen LogP contribution is -2.25. The second kappa shape index (κ2) is 13.9. The lowest BCUT2D eigenvalue weighted by atomic mass is 9.70. The van der Waals surface area contributed by atoms with Crippen LogP contribution in [0.25, 0.3) is 64.7 Å². The zero-order valence-electron chi connectivity index (χ0n) is 35.0. The number of hydrogen-bond acceptors (Lipinski definition) is 4. The normalized spacial score (nSPS) is 13.3. The van der Waals surface area contributed by atoms with Gasteiger partial charge in [-0.15, -0.1) is 11.3 Å². The van der Waals surface area contributed by atoms with Crippen molar-refractivity contribution in [2.75, 3.05) is 4.90 Å². The molecule has 0 amide bonds. The van der Waals surface area contributed by atoms with Gasteiger partial charge in [-0.05, 0) is 121 Å². The van der Waals surface area contributed by atoms with Gasteiger partial charge < -0.3 is 14.4 Å². The van der Waals surface area contributed by atoms with Crippen LogP contribution in [0.1, 0.15) is 22.3 Å². The molecule has 2 heterocycles. The van der Waals surface area contributed by atoms with Gasteiger partial charge in [-0.2, -0.15) is 0 Å². The molecular formula is C61H37NO2S. The van der Waals surface area contributed by atoms with Crippen LogP contribution in [0.5, 0.6) is 23.0 Å². The highest BCUT2D eigenvalue weighted by Gasteiger charge is 2.52. The van der Waals surface area contributed by atoms with Crippen LogP contribution in [0.15, 0.2) is 224 Å². The van der Waals surface area contributed by atoms with Crippen LogP contribution in [0, 0.1) is 0 Å². The summed E-state index contributed by atoms with van der Waals surface area (Å²) in [5, 5.41) is 2.60. The van der Waals surface area contributed by atoms with Gasteiger partial charge in [-0.25, -0.2) is 0 Å². The number of anilines is 3. The third-order valence-electron chi connectivity index (χ3n) is 13.7. The highest BCUT2D eigenvalue weighted by molar-refractivity contribution is 7.26. The van der Waals surface area contributed by atoms with E-state index in [0.717, 1.165) is 22.6 Å². The van der Waals surface area contributed by atoms with Crippen molar-refractivity contribution >= 4 is 48.6 Å². The topological polar surface area (TPSA) is 21.7 Å². The van der Waals surface area contributed by atoms with Gasteiger partial charge in [0.05, 0.1) is 11.1 Å². The minimum atomic E-state index is -0.477. The molecule has 4 heteroatoms. The first kappa shape index (κ1) is 36.3. The Morgan fingerprint density at radius 1 is 0.323 bits per heavy atom. The summed E-state index contributed by atoms with van der Waals surface area (Å²) in [5.74, 6) is 2.78. The second-order valence-electron chi connectivity index (χ2n) is 17.1. The van der Waals surface area contributed by atoms with E-state index in [-0.39, 0.29) is 0 Å². The molecule has 65 heavy (non-hydrogen) atoms. The second-order valence-corrected chi connectivity index (χ2v) is 18.2. The molecule has 11 aromatic rings. The van der Waals surface area contributed by atoms with Crippen LogP contribution in [0.3, 0.4) is 0 Å². The number of fused-ring (bicyclic) bond motifs is 15. The molecule has 0 radical (unpaired) electrons. The largest absolute Gasteiger partial charge is 0.449 e. The fraction of sp³-hybridized carbons (Fsp3) is 0.0164. The van der Waals surface area contributed by atoms with E-state index in [1.165, 1.54) is 81.4 Å². The molecule has 0 unspecified atom stereocenters. The van der Waals surface area contributed by atoms with Crippen molar-refractivity contribution in [1.29, 1.82) is 0 Å². The highest BCUT2D eigenvalue weighted by Crippen LogP contribution is 2.64. The number of nitrogens with zero attached hydrogens (tertiary/aromatic N) is 1. The molecule has 0 saturated carbocycles. The van der Waals surface area contributed by atoms with Crippen LogP contribution in [-0.2, 0) is 5.41 Å². The van der Waals surface area contributed by atoms with E-state index in [9.17, 15) is 0 Å². The molecule has 10 aromatic carbocycles. The van der Waals surface area contributed by atoms with Gasteiger partial charge in [-0.1, -0.05) is 164 Å². The fourth-order valence-electron chi connectivity index (χ4n) is 11.0. The molecule has 0 saturated heterocycles. The van der Waals surface area contributed by atoms with Crippen molar-refractivity contribution in [2.45, 2.75) is 5.41 Å². The molecule has 0 atom stereocenters. The van der Waals surface area contributed by atoms with Crippen molar-refractivity contribution < 1.29 is 9.47 Å². The summed E-state index contributed by atoms with van der Waals surface area (Å²) in [6, 6.07) is 81.1. The standard InChI is InChI=1S/C61H37NO2S/c1-2-14-38(15-3-1)40-16-12-17-42(34-40)62(41-30-28-39(29-31-41)44-22-13-23-49-48-21-7-11-27-59(48)65-60(44)49)43-32-33-55-56(35-43)64-58-37-54-50(36-57(58)63-55)47-20-6-10-26-53(47)61(54)51-24-8-4-18-45(51)46-19-5-9-25-52(46)61/h1-37H. The Morgan fingerprint density at radius 2 is 0.877 bits per heavy atom. The van der Waals surface area contributed by atoms with Crippen LogP contribution in [-0.4, -0.2) is 0 Å². The quantitative estimate of drug-likeness (QED) is 0.172. The van der Waals surface area contributed by atoms with Gasteiger partial charge in [0.2, 0.25) is 0 Å². The summed E-state index contributed by atoms with van der Waals surface area (Å²) in [7, 11) is 0. The van der Waals surface area contributed by atoms with Crippen LogP contribution >= 0.6 is 11.3 Å². The lowest BCUT2D eigenvalue weighted by Gasteiger charge is -2.31. The minimum absolute atomic E-state index is 0.477. The average molecular weight is 848 g/mol. The SMILES string of the molecule is c1ccc(-c2cccc(N(c3ccc(-c4cccc5c4sc4ccccc45)cc3)c3ccc4c(c3)Oc3cc5c(cc3O4)-c3ccccc3C53c4ccccc4-c4ccccc43)c2)cc1. The molecule has 0 bridgehead atoms. The van der Waals surface area contributed by atoms with Crippen molar-refractivity contribution in [3.05, 3.63) is 247 Å². The average Bonchev–Trinajstić information content (AvgIpc) is 4.00. The minimum Gasteiger partial charge on any atom is -0.449 e. The summed E-state index contributed by atoms with van der Waals surface area (Å²) in [5.41, 5.74) is 17.3. The van der Waals surface area contributed by atoms with E-state index in [1.54, 1.807) is 0 Å². The first-order valence-electron chi connectivity index (χ1n) is 22.1. The van der Waals surface area contributed by atoms with Gasteiger partial charge in [0, 0.05) is 37.6 Å². The summed E-state index contributed by atoms with van der Waals surface area (Å²) in [6.07, 6.45) is 0. The van der Waals surface area contributed by atoms with Gasteiger partial charge in [-0.3, -0.25) is 0 Å². The Bertz CT molecular complexity index is 3690. The maximum Gasteiger partial charge on any atom is 0.172 e. The van der Waals surface area contributed by atoms with Crippen LogP contribution in [0.2, 0.25) is 0 Å². The van der Waals surface area contributed by atoms with E-state index in [0.29, 0.717) is 23.0 Å². The first-order chi connectivity index (χ1) is 32.2. The highest BCUT2D eigenvalue weighted by atomic mass is 32.1. The van der Waals surface area contributed by atoms with Gasteiger partial charge in [0.15, 0.2) is 23.0 Å². The fourth-order valence-corrected chi connectivity index (χ4v) is 12.2. The van der Waals surface area contributed by atoms with Crippen LogP contribution in [0.4, 0.5) is 17.1 Å². The summed E-state index contributed by atoms with van der Waals surface area (Å²) in [4.78, 5) is 2.32. The molecular weight excluding hydrogens is 811 g/mol.